The largest absolute Gasteiger partial charge is 0.507 e. The maximum atomic E-state index is 11.4. The van der Waals surface area contributed by atoms with Crippen molar-refractivity contribution in [2.24, 2.45) is 0 Å². The van der Waals surface area contributed by atoms with Gasteiger partial charge in [-0.1, -0.05) is 105 Å². The van der Waals surface area contributed by atoms with Gasteiger partial charge in [0.05, 0.1) is 0 Å². The van der Waals surface area contributed by atoms with Crippen molar-refractivity contribution >= 4 is 0 Å². The molecule has 0 amide bonds. The lowest BCUT2D eigenvalue weighted by molar-refractivity contribution is 0.449. The lowest BCUT2D eigenvalue weighted by Gasteiger charge is -2.24. The number of aromatic hydroxyl groups is 2. The molecule has 0 spiro atoms. The second kappa shape index (κ2) is 11.9. The van der Waals surface area contributed by atoms with Crippen molar-refractivity contribution in [2.75, 3.05) is 0 Å². The minimum absolute atomic E-state index is 0.221. The fourth-order valence-corrected chi connectivity index (χ4v) is 4.89. The van der Waals surface area contributed by atoms with Gasteiger partial charge in [0.25, 0.3) is 0 Å². The van der Waals surface area contributed by atoms with Gasteiger partial charge in [-0.05, 0) is 56.2 Å². The topological polar surface area (TPSA) is 40.5 Å². The Labute approximate surface area is 200 Å². The molecule has 0 saturated heterocycles. The minimum Gasteiger partial charge on any atom is -0.507 e. The van der Waals surface area contributed by atoms with Crippen LogP contribution in [0.15, 0.2) is 54.6 Å². The van der Waals surface area contributed by atoms with Gasteiger partial charge in [-0.2, -0.15) is 0 Å². The highest BCUT2D eigenvalue weighted by atomic mass is 16.3. The molecule has 0 heterocycles. The molecule has 33 heavy (non-hydrogen) atoms. The summed E-state index contributed by atoms with van der Waals surface area (Å²) in [6, 6.07) is 18.7. The Morgan fingerprint density at radius 3 is 1.52 bits per heavy atom. The first-order valence-corrected chi connectivity index (χ1v) is 12.7. The summed E-state index contributed by atoms with van der Waals surface area (Å²) in [5.41, 5.74) is 7.15. The van der Waals surface area contributed by atoms with Crippen molar-refractivity contribution in [1.82, 2.24) is 0 Å². The lowest BCUT2D eigenvalue weighted by atomic mass is 9.80. The van der Waals surface area contributed by atoms with Gasteiger partial charge in [0.1, 0.15) is 11.5 Å². The molecule has 3 aromatic rings. The second-order valence-electron chi connectivity index (χ2n) is 9.48. The van der Waals surface area contributed by atoms with Crippen LogP contribution in [0.5, 0.6) is 11.5 Å². The van der Waals surface area contributed by atoms with Crippen molar-refractivity contribution in [3.05, 3.63) is 93.5 Å². The van der Waals surface area contributed by atoms with Gasteiger partial charge >= 0.3 is 0 Å². The number of rotatable bonds is 11. The Bertz CT molecular complexity index is 971. The molecule has 0 aromatic heterocycles. The molecule has 3 aromatic carbocycles. The van der Waals surface area contributed by atoms with Crippen LogP contribution in [0.1, 0.15) is 97.2 Å². The van der Waals surface area contributed by atoms with E-state index in [9.17, 15) is 10.2 Å². The third kappa shape index (κ3) is 6.19. The summed E-state index contributed by atoms with van der Waals surface area (Å²) < 4.78 is 0. The van der Waals surface area contributed by atoms with E-state index >= 15 is 0 Å². The molecule has 0 unspecified atom stereocenters. The monoisotopic (exact) mass is 444 g/mol. The Morgan fingerprint density at radius 1 is 0.636 bits per heavy atom. The van der Waals surface area contributed by atoms with E-state index in [4.69, 9.17) is 0 Å². The number of phenols is 2. The van der Waals surface area contributed by atoms with Crippen LogP contribution in [0.4, 0.5) is 0 Å². The predicted molar refractivity (Wildman–Crippen MR) is 140 cm³/mol. The van der Waals surface area contributed by atoms with Crippen molar-refractivity contribution in [2.45, 2.75) is 85.0 Å². The van der Waals surface area contributed by atoms with Gasteiger partial charge in [-0.3, -0.25) is 0 Å². The molecule has 2 nitrogen and oxygen atoms in total. The van der Waals surface area contributed by atoms with Crippen LogP contribution in [-0.2, 0) is 12.8 Å². The number of hydrogen-bond acceptors (Lipinski definition) is 2. The van der Waals surface area contributed by atoms with E-state index in [-0.39, 0.29) is 5.92 Å². The number of aryl methyl sites for hydroxylation is 4. The standard InChI is InChI=1S/C31H40O2/c1-5-7-10-16-25-18-22(3)20-27(30(25)32)29(24-14-12-9-13-15-24)28-21-23(4)19-26(31(28)33)17-11-8-6-2/h9,12-15,18-21,29,32-33H,5-8,10-11,16-17H2,1-4H3. The molecular weight excluding hydrogens is 404 g/mol. The molecule has 0 radical (unpaired) electrons. The summed E-state index contributed by atoms with van der Waals surface area (Å²) in [4.78, 5) is 0. The molecule has 176 valence electrons. The van der Waals surface area contributed by atoms with Crippen LogP contribution in [0.2, 0.25) is 0 Å². The van der Waals surface area contributed by atoms with Crippen molar-refractivity contribution in [3.63, 3.8) is 0 Å². The zero-order chi connectivity index (χ0) is 23.8. The van der Waals surface area contributed by atoms with E-state index in [1.54, 1.807) is 0 Å². The smallest absolute Gasteiger partial charge is 0.122 e. The summed E-state index contributed by atoms with van der Waals surface area (Å²) in [6.07, 6.45) is 8.51. The van der Waals surface area contributed by atoms with Crippen LogP contribution in [0, 0.1) is 13.8 Å². The summed E-state index contributed by atoms with van der Waals surface area (Å²) in [6.45, 7) is 8.60. The first-order valence-electron chi connectivity index (χ1n) is 12.7. The van der Waals surface area contributed by atoms with Gasteiger partial charge in [0.2, 0.25) is 0 Å². The molecule has 0 fully saturated rings. The van der Waals surface area contributed by atoms with Gasteiger partial charge in [0, 0.05) is 17.0 Å². The fraction of sp³-hybridized carbons (Fsp3) is 0.419. The molecule has 2 N–H and O–H groups in total. The Morgan fingerprint density at radius 2 is 1.09 bits per heavy atom. The molecule has 0 bridgehead atoms. The Hall–Kier alpha value is -2.74. The van der Waals surface area contributed by atoms with Crippen molar-refractivity contribution < 1.29 is 10.2 Å². The quantitative estimate of drug-likeness (QED) is 0.230. The summed E-state index contributed by atoms with van der Waals surface area (Å²) >= 11 is 0. The average Bonchev–Trinajstić information content (AvgIpc) is 2.80. The van der Waals surface area contributed by atoms with E-state index in [1.165, 1.54) is 0 Å². The van der Waals surface area contributed by atoms with Crippen molar-refractivity contribution in [1.29, 1.82) is 0 Å². The van der Waals surface area contributed by atoms with Gasteiger partial charge in [-0.25, -0.2) is 0 Å². The van der Waals surface area contributed by atoms with E-state index in [0.29, 0.717) is 11.5 Å². The maximum absolute atomic E-state index is 11.4. The first-order chi connectivity index (χ1) is 16.0. The maximum Gasteiger partial charge on any atom is 0.122 e. The number of hydrogen-bond donors (Lipinski definition) is 2. The zero-order valence-corrected chi connectivity index (χ0v) is 20.8. The number of phenolic OH excluding ortho intramolecular Hbond substituents is 2. The highest BCUT2D eigenvalue weighted by Crippen LogP contribution is 2.44. The third-order valence-corrected chi connectivity index (χ3v) is 6.58. The van der Waals surface area contributed by atoms with Crippen LogP contribution in [0.3, 0.4) is 0 Å². The molecule has 2 heteroatoms. The van der Waals surface area contributed by atoms with E-state index < -0.39 is 0 Å². The van der Waals surface area contributed by atoms with Gasteiger partial charge in [0.15, 0.2) is 0 Å². The SMILES string of the molecule is CCCCCc1cc(C)cc(C(c2ccccc2)c2cc(C)cc(CCCCC)c2O)c1O. The van der Waals surface area contributed by atoms with Crippen molar-refractivity contribution in [3.8, 4) is 11.5 Å². The first kappa shape index (κ1) is 24.9. The van der Waals surface area contributed by atoms with Gasteiger partial charge in [-0.15, -0.1) is 0 Å². The summed E-state index contributed by atoms with van der Waals surface area (Å²) in [7, 11) is 0. The van der Waals surface area contributed by atoms with E-state index in [1.807, 2.05) is 18.2 Å². The lowest BCUT2D eigenvalue weighted by Crippen LogP contribution is -2.08. The molecule has 0 aliphatic heterocycles. The zero-order valence-electron chi connectivity index (χ0n) is 20.8. The third-order valence-electron chi connectivity index (χ3n) is 6.58. The fourth-order valence-electron chi connectivity index (χ4n) is 4.89. The molecule has 0 saturated carbocycles. The Balaban J connectivity index is 2.16. The van der Waals surface area contributed by atoms with Crippen LogP contribution < -0.4 is 0 Å². The highest BCUT2D eigenvalue weighted by molar-refractivity contribution is 5.58. The molecular formula is C31H40O2. The minimum atomic E-state index is -0.221. The van der Waals surface area contributed by atoms with Crippen LogP contribution in [0.25, 0.3) is 0 Å². The highest BCUT2D eigenvalue weighted by Gasteiger charge is 2.26. The number of benzene rings is 3. The normalized spacial score (nSPS) is 11.3. The molecule has 3 rings (SSSR count). The molecule has 0 aliphatic carbocycles. The van der Waals surface area contributed by atoms with E-state index in [0.717, 1.165) is 90.3 Å². The average molecular weight is 445 g/mol. The predicted octanol–water partition coefficient (Wildman–Crippen LogP) is 8.36. The number of unbranched alkanes of at least 4 members (excludes halogenated alkanes) is 4. The van der Waals surface area contributed by atoms with Gasteiger partial charge < -0.3 is 10.2 Å². The Kier molecular flexibility index (Phi) is 9.00. The van der Waals surface area contributed by atoms with Crippen LogP contribution in [-0.4, -0.2) is 10.2 Å². The summed E-state index contributed by atoms with van der Waals surface area (Å²) in [5, 5.41) is 22.9. The second-order valence-corrected chi connectivity index (χ2v) is 9.48. The van der Waals surface area contributed by atoms with Crippen LogP contribution >= 0.6 is 0 Å². The summed E-state index contributed by atoms with van der Waals surface area (Å²) in [5.74, 6) is 0.527. The molecule has 0 aliphatic rings. The molecule has 0 atom stereocenters. The van der Waals surface area contributed by atoms with E-state index in [2.05, 4.69) is 64.1 Å².